The van der Waals surface area contributed by atoms with E-state index in [9.17, 15) is 27.6 Å². The van der Waals surface area contributed by atoms with Crippen LogP contribution < -0.4 is 16.0 Å². The number of carbonyl (C=O) groups is 3. The van der Waals surface area contributed by atoms with Crippen LogP contribution in [0, 0.1) is 0 Å². The smallest absolute Gasteiger partial charge is 0.345 e. The minimum absolute atomic E-state index is 0.0814. The fourth-order valence-electron chi connectivity index (χ4n) is 2.13. The van der Waals surface area contributed by atoms with Crippen molar-refractivity contribution < 1.29 is 27.6 Å². The summed E-state index contributed by atoms with van der Waals surface area (Å²) >= 11 is 0. The van der Waals surface area contributed by atoms with Crippen molar-refractivity contribution >= 4 is 17.8 Å². The number of hydrogen-bond acceptors (Lipinski definition) is 3. The lowest BCUT2D eigenvalue weighted by Gasteiger charge is -2.18. The van der Waals surface area contributed by atoms with Gasteiger partial charge in [-0.05, 0) is 31.5 Å². The van der Waals surface area contributed by atoms with Gasteiger partial charge in [-0.15, -0.1) is 0 Å². The highest BCUT2D eigenvalue weighted by Crippen LogP contribution is 2.12. The molecule has 0 fully saturated rings. The van der Waals surface area contributed by atoms with E-state index < -0.39 is 31.2 Å². The van der Waals surface area contributed by atoms with Gasteiger partial charge < -0.3 is 20.9 Å². The summed E-state index contributed by atoms with van der Waals surface area (Å²) in [4.78, 5) is 36.6. The minimum atomic E-state index is -4.50. The Kier molecular flexibility index (Phi) is 8.57. The van der Waals surface area contributed by atoms with E-state index in [0.717, 1.165) is 5.56 Å². The van der Waals surface area contributed by atoms with Gasteiger partial charge in [-0.25, -0.2) is 4.79 Å². The third-order valence-corrected chi connectivity index (χ3v) is 3.60. The van der Waals surface area contributed by atoms with E-state index in [4.69, 9.17) is 0 Å². The zero-order chi connectivity index (χ0) is 20.4. The predicted octanol–water partition coefficient (Wildman–Crippen LogP) is 1.65. The number of benzene rings is 1. The summed E-state index contributed by atoms with van der Waals surface area (Å²) < 4.78 is 35.8. The van der Waals surface area contributed by atoms with Gasteiger partial charge in [0.2, 0.25) is 5.91 Å². The van der Waals surface area contributed by atoms with Gasteiger partial charge in [-0.2, -0.15) is 13.2 Å². The number of hydrogen-bond donors (Lipinski definition) is 3. The van der Waals surface area contributed by atoms with Crippen LogP contribution in [0.1, 0.15) is 29.8 Å². The number of nitrogens with one attached hydrogen (secondary N) is 3. The van der Waals surface area contributed by atoms with Crippen LogP contribution in [0.3, 0.4) is 0 Å². The Labute approximate surface area is 155 Å². The van der Waals surface area contributed by atoms with Crippen molar-refractivity contribution in [3.63, 3.8) is 0 Å². The standard InChI is InChI=1S/C17H23F3N4O3/c1-3-24(4-2)15(26)13-7-5-12(6-8-13)9-21-16(27)22-10-14(25)23-11-17(18,19)20/h5-8H,3-4,9-11H2,1-2H3,(H,23,25)(H2,21,22,27). The second-order valence-corrected chi connectivity index (χ2v) is 5.60. The third-order valence-electron chi connectivity index (χ3n) is 3.60. The average molecular weight is 388 g/mol. The van der Waals surface area contributed by atoms with Gasteiger partial charge in [0.25, 0.3) is 5.91 Å². The topological polar surface area (TPSA) is 90.5 Å². The van der Waals surface area contributed by atoms with Gasteiger partial charge in [0, 0.05) is 25.2 Å². The lowest BCUT2D eigenvalue weighted by molar-refractivity contribution is -0.137. The van der Waals surface area contributed by atoms with Gasteiger partial charge in [0.05, 0.1) is 6.54 Å². The summed E-state index contributed by atoms with van der Waals surface area (Å²) in [5, 5.41) is 6.28. The molecule has 0 saturated carbocycles. The van der Waals surface area contributed by atoms with Crippen LogP contribution in [0.15, 0.2) is 24.3 Å². The molecule has 27 heavy (non-hydrogen) atoms. The lowest BCUT2D eigenvalue weighted by Crippen LogP contribution is -2.43. The maximum Gasteiger partial charge on any atom is 0.405 e. The monoisotopic (exact) mass is 388 g/mol. The molecule has 1 aromatic rings. The van der Waals surface area contributed by atoms with Crippen LogP contribution in [0.5, 0.6) is 0 Å². The van der Waals surface area contributed by atoms with E-state index in [-0.39, 0.29) is 12.5 Å². The molecule has 0 aliphatic rings. The molecule has 0 bridgehead atoms. The number of carbonyl (C=O) groups excluding carboxylic acids is 3. The summed E-state index contributed by atoms with van der Waals surface area (Å²) in [6, 6.07) is 5.99. The molecular weight excluding hydrogens is 365 g/mol. The number of halogens is 3. The van der Waals surface area contributed by atoms with Crippen molar-refractivity contribution in [1.29, 1.82) is 0 Å². The summed E-state index contributed by atoms with van der Waals surface area (Å²) in [6.07, 6.45) is -4.50. The Morgan fingerprint density at radius 2 is 1.56 bits per heavy atom. The summed E-state index contributed by atoms with van der Waals surface area (Å²) in [5.74, 6) is -1.02. The molecular formula is C17H23F3N4O3. The molecule has 10 heteroatoms. The SMILES string of the molecule is CCN(CC)C(=O)c1ccc(CNC(=O)NCC(=O)NCC(F)(F)F)cc1. The molecule has 0 aliphatic heterocycles. The molecule has 0 aliphatic carbocycles. The van der Waals surface area contributed by atoms with Crippen molar-refractivity contribution in [3.05, 3.63) is 35.4 Å². The van der Waals surface area contributed by atoms with Crippen LogP contribution in [0.4, 0.5) is 18.0 Å². The van der Waals surface area contributed by atoms with Crippen LogP contribution in [-0.2, 0) is 11.3 Å². The Morgan fingerprint density at radius 3 is 2.07 bits per heavy atom. The van der Waals surface area contributed by atoms with Crippen molar-refractivity contribution in [1.82, 2.24) is 20.9 Å². The molecule has 0 atom stereocenters. The largest absolute Gasteiger partial charge is 0.405 e. The highest BCUT2D eigenvalue weighted by atomic mass is 19.4. The van der Waals surface area contributed by atoms with E-state index in [1.54, 1.807) is 34.5 Å². The van der Waals surface area contributed by atoms with E-state index in [0.29, 0.717) is 18.7 Å². The molecule has 0 radical (unpaired) electrons. The predicted molar refractivity (Wildman–Crippen MR) is 93.0 cm³/mol. The lowest BCUT2D eigenvalue weighted by atomic mass is 10.1. The van der Waals surface area contributed by atoms with Crippen molar-refractivity contribution in [2.45, 2.75) is 26.6 Å². The second kappa shape index (κ2) is 10.4. The van der Waals surface area contributed by atoms with Crippen molar-refractivity contribution in [2.75, 3.05) is 26.2 Å². The number of alkyl halides is 3. The number of nitrogens with zero attached hydrogens (tertiary/aromatic N) is 1. The molecule has 4 amide bonds. The van der Waals surface area contributed by atoms with Crippen molar-refractivity contribution in [2.24, 2.45) is 0 Å². The van der Waals surface area contributed by atoms with Gasteiger partial charge in [0.15, 0.2) is 0 Å². The Morgan fingerprint density at radius 1 is 0.963 bits per heavy atom. The minimum Gasteiger partial charge on any atom is -0.345 e. The molecule has 7 nitrogen and oxygen atoms in total. The first-order valence-electron chi connectivity index (χ1n) is 8.39. The second-order valence-electron chi connectivity index (χ2n) is 5.60. The maximum atomic E-state index is 12.2. The summed E-state index contributed by atoms with van der Waals surface area (Å²) in [7, 11) is 0. The summed E-state index contributed by atoms with van der Waals surface area (Å²) in [5.41, 5.74) is 1.26. The van der Waals surface area contributed by atoms with E-state index in [1.807, 2.05) is 13.8 Å². The Hall–Kier alpha value is -2.78. The Bertz CT molecular complexity index is 644. The molecule has 0 unspecified atom stereocenters. The fraction of sp³-hybridized carbons (Fsp3) is 0.471. The maximum absolute atomic E-state index is 12.2. The highest BCUT2D eigenvalue weighted by molar-refractivity contribution is 5.94. The third kappa shape index (κ3) is 8.43. The van der Waals surface area contributed by atoms with Crippen LogP contribution in [-0.4, -0.2) is 55.1 Å². The molecule has 0 spiro atoms. The van der Waals surface area contributed by atoms with Crippen molar-refractivity contribution in [3.8, 4) is 0 Å². The quantitative estimate of drug-likeness (QED) is 0.633. The van der Waals surface area contributed by atoms with Gasteiger partial charge in [-0.1, -0.05) is 12.1 Å². The van der Waals surface area contributed by atoms with Gasteiger partial charge >= 0.3 is 12.2 Å². The van der Waals surface area contributed by atoms with Crippen LogP contribution in [0.2, 0.25) is 0 Å². The first kappa shape index (κ1) is 22.3. The molecule has 0 heterocycles. The molecule has 3 N–H and O–H groups in total. The summed E-state index contributed by atoms with van der Waals surface area (Å²) in [6.45, 7) is 3.11. The van der Waals surface area contributed by atoms with E-state index in [1.165, 1.54) is 0 Å². The van der Waals surface area contributed by atoms with Gasteiger partial charge in [-0.3, -0.25) is 9.59 Å². The molecule has 1 rings (SSSR count). The average Bonchev–Trinajstić information content (AvgIpc) is 2.63. The zero-order valence-electron chi connectivity index (χ0n) is 15.2. The molecule has 0 aromatic heterocycles. The Balaban J connectivity index is 2.39. The van der Waals surface area contributed by atoms with E-state index >= 15 is 0 Å². The zero-order valence-corrected chi connectivity index (χ0v) is 15.2. The van der Waals surface area contributed by atoms with E-state index in [2.05, 4.69) is 10.6 Å². The first-order valence-corrected chi connectivity index (χ1v) is 8.39. The van der Waals surface area contributed by atoms with Crippen LogP contribution >= 0.6 is 0 Å². The molecule has 1 aromatic carbocycles. The number of rotatable bonds is 8. The first-order chi connectivity index (χ1) is 12.7. The number of amides is 4. The van der Waals surface area contributed by atoms with Crippen LogP contribution in [0.25, 0.3) is 0 Å². The van der Waals surface area contributed by atoms with Gasteiger partial charge in [0.1, 0.15) is 6.54 Å². The molecule has 0 saturated heterocycles. The molecule has 150 valence electrons. The normalized spacial score (nSPS) is 10.9. The fourth-order valence-corrected chi connectivity index (χ4v) is 2.13. The number of urea groups is 1. The highest BCUT2D eigenvalue weighted by Gasteiger charge is 2.27.